The molecule has 2 aromatic rings. The summed E-state index contributed by atoms with van der Waals surface area (Å²) >= 11 is 0. The van der Waals surface area contributed by atoms with Gasteiger partial charge >= 0.3 is 6.55 Å². The molecule has 8 nitrogen and oxygen atoms in total. The van der Waals surface area contributed by atoms with E-state index in [1.165, 1.54) is 12.4 Å². The number of nitrogens with one attached hydrogen (secondary N) is 1. The minimum absolute atomic E-state index is 0. The predicted octanol–water partition coefficient (Wildman–Crippen LogP) is 1.46. The number of carbonyl (C=O) groups excluding carboxylic acids is 1. The van der Waals surface area contributed by atoms with Crippen LogP contribution in [0.2, 0.25) is 0 Å². The van der Waals surface area contributed by atoms with Gasteiger partial charge in [-0.15, -0.1) is 24.8 Å². The van der Waals surface area contributed by atoms with Crippen LogP contribution in [0, 0.1) is 0 Å². The topological polar surface area (TPSA) is 71.2 Å². The standard InChI is InChI=1S/C16H23F2N7O.2ClH/c1-19-14(12-9-21-22(2)10-12)15(26)24-7-5-23(6-8-24)11-13-20-3-4-25(13)16(17)18;;/h3-4,9-10,14,16,19H,5-8,11H2,1-2H3;2*1H. The lowest BCUT2D eigenvalue weighted by Crippen LogP contribution is -2.51. The number of carbonyl (C=O) groups is 1. The van der Waals surface area contributed by atoms with Gasteiger partial charge in [0.25, 0.3) is 0 Å². The van der Waals surface area contributed by atoms with Crippen molar-refractivity contribution in [2.45, 2.75) is 19.1 Å². The second kappa shape index (κ2) is 10.7. The molecule has 12 heteroatoms. The van der Waals surface area contributed by atoms with Crippen LogP contribution in [-0.2, 0) is 18.4 Å². The Morgan fingerprint density at radius 1 is 1.25 bits per heavy atom. The number of halogens is 4. The van der Waals surface area contributed by atoms with Gasteiger partial charge in [0, 0.05) is 57.4 Å². The molecule has 0 aliphatic carbocycles. The molecule has 0 spiro atoms. The van der Waals surface area contributed by atoms with Crippen molar-refractivity contribution < 1.29 is 13.6 Å². The van der Waals surface area contributed by atoms with Gasteiger partial charge in [0.2, 0.25) is 5.91 Å². The number of rotatable bonds is 6. The molecule has 0 radical (unpaired) electrons. The highest BCUT2D eigenvalue weighted by atomic mass is 35.5. The maximum absolute atomic E-state index is 12.9. The number of hydrogen-bond donors (Lipinski definition) is 1. The molecule has 1 unspecified atom stereocenters. The van der Waals surface area contributed by atoms with Crippen LogP contribution >= 0.6 is 24.8 Å². The fraction of sp³-hybridized carbons (Fsp3) is 0.562. The van der Waals surface area contributed by atoms with Crippen molar-refractivity contribution in [1.82, 2.24) is 34.4 Å². The quantitative estimate of drug-likeness (QED) is 0.737. The summed E-state index contributed by atoms with van der Waals surface area (Å²) < 4.78 is 28.4. The van der Waals surface area contributed by atoms with E-state index in [9.17, 15) is 13.6 Å². The highest BCUT2D eigenvalue weighted by molar-refractivity contribution is 5.85. The van der Waals surface area contributed by atoms with Gasteiger partial charge in [-0.2, -0.15) is 13.9 Å². The zero-order chi connectivity index (χ0) is 18.7. The SMILES string of the molecule is CNC(C(=O)N1CCN(Cc2nccn2C(F)F)CC1)c1cnn(C)c1.Cl.Cl. The van der Waals surface area contributed by atoms with Gasteiger partial charge in [-0.1, -0.05) is 0 Å². The van der Waals surface area contributed by atoms with E-state index in [2.05, 4.69) is 15.4 Å². The average molecular weight is 440 g/mol. The van der Waals surface area contributed by atoms with E-state index < -0.39 is 12.6 Å². The van der Waals surface area contributed by atoms with Crippen LogP contribution in [0.3, 0.4) is 0 Å². The first-order valence-electron chi connectivity index (χ1n) is 8.46. The summed E-state index contributed by atoms with van der Waals surface area (Å²) in [7, 11) is 3.55. The number of alkyl halides is 2. The number of amides is 1. The first-order valence-corrected chi connectivity index (χ1v) is 8.46. The molecule has 28 heavy (non-hydrogen) atoms. The first kappa shape index (κ1) is 24.3. The van der Waals surface area contributed by atoms with E-state index in [0.717, 1.165) is 10.1 Å². The summed E-state index contributed by atoms with van der Waals surface area (Å²) in [5.41, 5.74) is 0.821. The molecule has 1 saturated heterocycles. The van der Waals surface area contributed by atoms with Crippen molar-refractivity contribution in [2.24, 2.45) is 7.05 Å². The van der Waals surface area contributed by atoms with Crippen LogP contribution < -0.4 is 5.32 Å². The monoisotopic (exact) mass is 439 g/mol. The fourth-order valence-corrected chi connectivity index (χ4v) is 3.17. The Morgan fingerprint density at radius 2 is 1.93 bits per heavy atom. The molecule has 1 aliphatic rings. The van der Waals surface area contributed by atoms with Crippen molar-refractivity contribution in [3.63, 3.8) is 0 Å². The molecule has 3 heterocycles. The lowest BCUT2D eigenvalue weighted by molar-refractivity contribution is -0.135. The van der Waals surface area contributed by atoms with E-state index in [1.54, 1.807) is 22.8 Å². The van der Waals surface area contributed by atoms with E-state index in [4.69, 9.17) is 0 Å². The second-order valence-electron chi connectivity index (χ2n) is 6.30. The van der Waals surface area contributed by atoms with Gasteiger partial charge < -0.3 is 10.2 Å². The van der Waals surface area contributed by atoms with Gasteiger partial charge in [0.1, 0.15) is 11.9 Å². The minimum Gasteiger partial charge on any atom is -0.338 e. The molecule has 1 N–H and O–H groups in total. The number of nitrogens with zero attached hydrogens (tertiary/aromatic N) is 6. The number of aryl methyl sites for hydroxylation is 1. The number of imidazole rings is 1. The zero-order valence-electron chi connectivity index (χ0n) is 15.7. The van der Waals surface area contributed by atoms with Gasteiger partial charge in [0.05, 0.1) is 12.7 Å². The largest absolute Gasteiger partial charge is 0.338 e. The Bertz CT molecular complexity index is 747. The molecule has 1 amide bonds. The first-order chi connectivity index (χ1) is 12.5. The van der Waals surface area contributed by atoms with Crippen molar-refractivity contribution in [1.29, 1.82) is 0 Å². The average Bonchev–Trinajstić information content (AvgIpc) is 3.25. The predicted molar refractivity (Wildman–Crippen MR) is 105 cm³/mol. The summed E-state index contributed by atoms with van der Waals surface area (Å²) in [6.07, 6.45) is 6.16. The smallest absolute Gasteiger partial charge is 0.319 e. The van der Waals surface area contributed by atoms with E-state index in [1.807, 2.05) is 18.1 Å². The molecule has 1 fully saturated rings. The van der Waals surface area contributed by atoms with Crippen molar-refractivity contribution in [2.75, 3.05) is 33.2 Å². The Kier molecular flexibility index (Phi) is 9.28. The van der Waals surface area contributed by atoms with Crippen molar-refractivity contribution in [3.05, 3.63) is 36.2 Å². The molecule has 0 bridgehead atoms. The molecular weight excluding hydrogens is 415 g/mol. The summed E-state index contributed by atoms with van der Waals surface area (Å²) in [5.74, 6) is 0.331. The van der Waals surface area contributed by atoms with Crippen LogP contribution in [0.1, 0.15) is 24.0 Å². The minimum atomic E-state index is -2.59. The molecule has 2 aromatic heterocycles. The molecule has 1 aliphatic heterocycles. The van der Waals surface area contributed by atoms with E-state index in [0.29, 0.717) is 38.5 Å². The van der Waals surface area contributed by atoms with E-state index in [-0.39, 0.29) is 30.7 Å². The Morgan fingerprint density at radius 3 is 2.46 bits per heavy atom. The molecule has 3 rings (SSSR count). The summed E-state index contributed by atoms with van der Waals surface area (Å²) in [5, 5.41) is 7.16. The second-order valence-corrected chi connectivity index (χ2v) is 6.30. The molecular formula is C16H25Cl2F2N7O. The van der Waals surface area contributed by atoms with Crippen LogP contribution in [0.5, 0.6) is 0 Å². The third-order valence-electron chi connectivity index (χ3n) is 4.60. The fourth-order valence-electron chi connectivity index (χ4n) is 3.17. The maximum atomic E-state index is 12.9. The normalized spacial score (nSPS) is 15.8. The molecule has 0 saturated carbocycles. The molecule has 1 atom stereocenters. The lowest BCUT2D eigenvalue weighted by atomic mass is 10.1. The highest BCUT2D eigenvalue weighted by Gasteiger charge is 2.29. The number of piperazine rings is 1. The summed E-state index contributed by atoms with van der Waals surface area (Å²) in [6.45, 7) is 0.0825. The Hall–Kier alpha value is -1.75. The number of hydrogen-bond acceptors (Lipinski definition) is 5. The van der Waals surface area contributed by atoms with Gasteiger partial charge in [0.15, 0.2) is 0 Å². The van der Waals surface area contributed by atoms with Crippen LogP contribution in [0.4, 0.5) is 8.78 Å². The van der Waals surface area contributed by atoms with Crippen molar-refractivity contribution in [3.8, 4) is 0 Å². The van der Waals surface area contributed by atoms with Crippen molar-refractivity contribution >= 4 is 30.7 Å². The van der Waals surface area contributed by atoms with Crippen LogP contribution in [-0.4, -0.2) is 68.3 Å². The molecule has 158 valence electrons. The number of aromatic nitrogens is 4. The molecule has 0 aromatic carbocycles. The Balaban J connectivity index is 0.00000196. The maximum Gasteiger partial charge on any atom is 0.319 e. The van der Waals surface area contributed by atoms with Crippen LogP contribution in [0.15, 0.2) is 24.8 Å². The van der Waals surface area contributed by atoms with Gasteiger partial charge in [-0.3, -0.25) is 18.9 Å². The van der Waals surface area contributed by atoms with E-state index >= 15 is 0 Å². The summed E-state index contributed by atoms with van der Waals surface area (Å²) in [4.78, 5) is 20.6. The summed E-state index contributed by atoms with van der Waals surface area (Å²) in [6, 6.07) is -0.437. The highest BCUT2D eigenvalue weighted by Crippen LogP contribution is 2.18. The third-order valence-corrected chi connectivity index (χ3v) is 4.60. The van der Waals surface area contributed by atoms with Gasteiger partial charge in [-0.25, -0.2) is 4.98 Å². The third kappa shape index (κ3) is 5.40. The Labute approximate surface area is 174 Å². The zero-order valence-corrected chi connectivity index (χ0v) is 17.3. The number of likely N-dealkylation sites (N-methyl/N-ethyl adjacent to an activating group) is 1. The van der Waals surface area contributed by atoms with Crippen LogP contribution in [0.25, 0.3) is 0 Å². The lowest BCUT2D eigenvalue weighted by Gasteiger charge is -2.36. The van der Waals surface area contributed by atoms with Gasteiger partial charge in [-0.05, 0) is 7.05 Å².